The van der Waals surface area contributed by atoms with Crippen LogP contribution in [0.15, 0.2) is 0 Å². The molecule has 1 aromatic rings. The maximum absolute atomic E-state index is 13.2. The van der Waals surface area contributed by atoms with Gasteiger partial charge in [-0.05, 0) is 69.3 Å². The largest absolute Gasteiger partial charge is 0.481 e. The highest BCUT2D eigenvalue weighted by Crippen LogP contribution is 2.40. The molecule has 0 aliphatic heterocycles. The van der Waals surface area contributed by atoms with Crippen molar-refractivity contribution >= 4 is 34.1 Å². The molecular formula is C23H32N2O4S. The smallest absolute Gasteiger partial charge is 0.307 e. The van der Waals surface area contributed by atoms with Gasteiger partial charge in [0.05, 0.1) is 17.4 Å². The number of thiophene rings is 1. The molecule has 4 rings (SSSR count). The Labute approximate surface area is 181 Å². The summed E-state index contributed by atoms with van der Waals surface area (Å²) < 4.78 is 0. The van der Waals surface area contributed by atoms with Gasteiger partial charge < -0.3 is 15.7 Å². The molecule has 3 aliphatic carbocycles. The van der Waals surface area contributed by atoms with Gasteiger partial charge in [-0.3, -0.25) is 14.4 Å². The molecule has 0 bridgehead atoms. The first-order chi connectivity index (χ1) is 14.4. The van der Waals surface area contributed by atoms with Crippen LogP contribution in [0.25, 0.3) is 0 Å². The molecule has 2 saturated carbocycles. The van der Waals surface area contributed by atoms with E-state index in [1.54, 1.807) is 0 Å². The fraction of sp³-hybridized carbons (Fsp3) is 0.696. The molecule has 6 nitrogen and oxygen atoms in total. The first-order valence-electron chi connectivity index (χ1n) is 11.4. The molecule has 3 N–H and O–H groups in total. The third-order valence-corrected chi connectivity index (χ3v) is 8.36. The minimum absolute atomic E-state index is 0.0809. The van der Waals surface area contributed by atoms with Crippen LogP contribution in [-0.4, -0.2) is 28.9 Å². The molecule has 7 heteroatoms. The number of carbonyl (C=O) groups excluding carboxylic acids is 2. The predicted octanol–water partition coefficient (Wildman–Crippen LogP) is 4.37. The summed E-state index contributed by atoms with van der Waals surface area (Å²) in [7, 11) is 0. The van der Waals surface area contributed by atoms with Gasteiger partial charge in [0.15, 0.2) is 0 Å². The minimum atomic E-state index is -0.895. The Bertz CT molecular complexity index is 825. The van der Waals surface area contributed by atoms with Gasteiger partial charge in [-0.25, -0.2) is 0 Å². The average Bonchev–Trinajstić information content (AvgIpc) is 3.30. The van der Waals surface area contributed by atoms with E-state index >= 15 is 0 Å². The van der Waals surface area contributed by atoms with E-state index in [0.29, 0.717) is 23.4 Å². The number of nitrogens with one attached hydrogen (secondary N) is 2. The van der Waals surface area contributed by atoms with E-state index in [0.717, 1.165) is 69.3 Å². The summed E-state index contributed by atoms with van der Waals surface area (Å²) in [6.07, 6.45) is 9.98. The molecule has 0 saturated heterocycles. The monoisotopic (exact) mass is 432 g/mol. The van der Waals surface area contributed by atoms with Crippen molar-refractivity contribution in [3.05, 3.63) is 16.0 Å². The number of carboxylic acids is 1. The summed E-state index contributed by atoms with van der Waals surface area (Å²) in [5.41, 5.74) is 1.71. The first-order valence-corrected chi connectivity index (χ1v) is 12.2. The molecular weight excluding hydrogens is 400 g/mol. The highest BCUT2D eigenvalue weighted by atomic mass is 32.1. The summed E-state index contributed by atoms with van der Waals surface area (Å²) in [4.78, 5) is 39.0. The van der Waals surface area contributed by atoms with Crippen LogP contribution in [0, 0.1) is 17.8 Å². The van der Waals surface area contributed by atoms with Crippen LogP contribution in [0.4, 0.5) is 5.00 Å². The fourth-order valence-corrected chi connectivity index (χ4v) is 6.63. The maximum Gasteiger partial charge on any atom is 0.307 e. The highest BCUT2D eigenvalue weighted by molar-refractivity contribution is 7.17. The lowest BCUT2D eigenvalue weighted by molar-refractivity contribution is -0.147. The second-order valence-electron chi connectivity index (χ2n) is 9.32. The Hall–Kier alpha value is -1.89. The molecule has 164 valence electrons. The summed E-state index contributed by atoms with van der Waals surface area (Å²) in [6.45, 7) is 2.26. The van der Waals surface area contributed by atoms with Crippen LogP contribution in [0.1, 0.15) is 85.5 Å². The van der Waals surface area contributed by atoms with Gasteiger partial charge in [-0.1, -0.05) is 19.8 Å². The van der Waals surface area contributed by atoms with Gasteiger partial charge in [0, 0.05) is 10.9 Å². The van der Waals surface area contributed by atoms with Crippen molar-refractivity contribution in [1.82, 2.24) is 5.32 Å². The number of carbonyl (C=O) groups is 3. The number of anilines is 1. The Morgan fingerprint density at radius 1 is 0.933 bits per heavy atom. The maximum atomic E-state index is 13.2. The topological polar surface area (TPSA) is 95.5 Å². The standard InChI is InChI=1S/C23H32N2O4S/c1-13-9-11-14(12-10-13)24-21(27)19-17-7-4-8-18(17)30-22(19)25-20(26)15-5-2-3-6-16(15)23(28)29/h13-16H,2-12H2,1H3,(H,24,27)(H,25,26)(H,28,29)/t13-,14-,15?,16?. The number of hydrogen-bond donors (Lipinski definition) is 3. The van der Waals surface area contributed by atoms with E-state index < -0.39 is 17.8 Å². The molecule has 0 spiro atoms. The molecule has 30 heavy (non-hydrogen) atoms. The zero-order valence-corrected chi connectivity index (χ0v) is 18.5. The number of amides is 2. The van der Waals surface area contributed by atoms with Crippen molar-refractivity contribution in [3.8, 4) is 0 Å². The zero-order chi connectivity index (χ0) is 21.3. The van der Waals surface area contributed by atoms with Gasteiger partial charge in [0.1, 0.15) is 5.00 Å². The van der Waals surface area contributed by atoms with Gasteiger partial charge >= 0.3 is 5.97 Å². The Morgan fingerprint density at radius 3 is 2.33 bits per heavy atom. The van der Waals surface area contributed by atoms with Crippen LogP contribution >= 0.6 is 11.3 Å². The van der Waals surface area contributed by atoms with E-state index in [-0.39, 0.29) is 17.9 Å². The van der Waals surface area contributed by atoms with Gasteiger partial charge in [-0.15, -0.1) is 11.3 Å². The van der Waals surface area contributed by atoms with Crippen molar-refractivity contribution in [2.45, 2.75) is 83.6 Å². The second-order valence-corrected chi connectivity index (χ2v) is 10.4. The summed E-state index contributed by atoms with van der Waals surface area (Å²) in [5, 5.41) is 16.3. The van der Waals surface area contributed by atoms with Crippen LogP contribution in [-0.2, 0) is 22.4 Å². The van der Waals surface area contributed by atoms with E-state index in [4.69, 9.17) is 0 Å². The van der Waals surface area contributed by atoms with Gasteiger partial charge in [0.25, 0.3) is 5.91 Å². The van der Waals surface area contributed by atoms with Crippen LogP contribution in [0.2, 0.25) is 0 Å². The summed E-state index contributed by atoms with van der Waals surface area (Å²) in [6, 6.07) is 0.198. The van der Waals surface area contributed by atoms with Crippen molar-refractivity contribution in [2.75, 3.05) is 5.32 Å². The van der Waals surface area contributed by atoms with Crippen molar-refractivity contribution in [2.24, 2.45) is 17.8 Å². The second kappa shape index (κ2) is 9.08. The third-order valence-electron chi connectivity index (χ3n) is 7.16. The van der Waals surface area contributed by atoms with E-state index in [2.05, 4.69) is 17.6 Å². The summed E-state index contributed by atoms with van der Waals surface area (Å²) in [5.74, 6) is -1.66. The van der Waals surface area contributed by atoms with Crippen molar-refractivity contribution in [3.63, 3.8) is 0 Å². The quantitative estimate of drug-likeness (QED) is 0.644. The molecule has 3 aliphatic rings. The minimum Gasteiger partial charge on any atom is -0.481 e. The lowest BCUT2D eigenvalue weighted by Gasteiger charge is -2.28. The number of rotatable bonds is 5. The van der Waals surface area contributed by atoms with E-state index in [1.165, 1.54) is 16.2 Å². The molecule has 2 amide bonds. The van der Waals surface area contributed by atoms with E-state index in [1.807, 2.05) is 0 Å². The molecule has 2 fully saturated rings. The number of aryl methyl sites for hydroxylation is 1. The molecule has 0 radical (unpaired) electrons. The van der Waals surface area contributed by atoms with Crippen molar-refractivity contribution < 1.29 is 19.5 Å². The Morgan fingerprint density at radius 2 is 1.63 bits per heavy atom. The first kappa shape index (κ1) is 21.3. The lowest BCUT2D eigenvalue weighted by atomic mass is 9.79. The highest BCUT2D eigenvalue weighted by Gasteiger charge is 2.37. The fourth-order valence-electron chi connectivity index (χ4n) is 5.34. The van der Waals surface area contributed by atoms with Crippen LogP contribution in [0.3, 0.4) is 0 Å². The normalized spacial score (nSPS) is 28.6. The lowest BCUT2D eigenvalue weighted by Crippen LogP contribution is -2.38. The molecule has 1 heterocycles. The van der Waals surface area contributed by atoms with Crippen molar-refractivity contribution in [1.29, 1.82) is 0 Å². The van der Waals surface area contributed by atoms with Crippen LogP contribution < -0.4 is 10.6 Å². The van der Waals surface area contributed by atoms with E-state index in [9.17, 15) is 19.5 Å². The SMILES string of the molecule is C[C@H]1CC[C@H](NC(=O)c2c(NC(=O)C3CCCCC3C(=O)O)sc3c2CCC3)CC1. The van der Waals surface area contributed by atoms with Gasteiger partial charge in [0.2, 0.25) is 5.91 Å². The number of fused-ring (bicyclic) bond motifs is 1. The molecule has 0 aromatic carbocycles. The predicted molar refractivity (Wildman–Crippen MR) is 117 cm³/mol. The molecule has 1 aromatic heterocycles. The van der Waals surface area contributed by atoms with Gasteiger partial charge in [-0.2, -0.15) is 0 Å². The van der Waals surface area contributed by atoms with Crippen LogP contribution in [0.5, 0.6) is 0 Å². The molecule has 2 unspecified atom stereocenters. The Balaban J connectivity index is 1.51. The molecule has 2 atom stereocenters. The average molecular weight is 433 g/mol. The summed E-state index contributed by atoms with van der Waals surface area (Å²) >= 11 is 1.50. The Kier molecular flexibility index (Phi) is 6.46. The number of aliphatic carboxylic acids is 1. The third kappa shape index (κ3) is 4.41. The zero-order valence-electron chi connectivity index (χ0n) is 17.7. The number of hydrogen-bond acceptors (Lipinski definition) is 4. The number of carboxylic acid groups (broad SMARTS) is 1.